The molecule has 0 saturated carbocycles. The van der Waals surface area contributed by atoms with E-state index in [2.05, 4.69) is 112 Å². The van der Waals surface area contributed by atoms with Crippen molar-refractivity contribution in [2.24, 2.45) is 10.8 Å². The van der Waals surface area contributed by atoms with Gasteiger partial charge in [0.25, 0.3) is 0 Å². The van der Waals surface area contributed by atoms with Crippen molar-refractivity contribution in [1.82, 2.24) is 0 Å². The minimum absolute atomic E-state index is 0. The van der Waals surface area contributed by atoms with Crippen molar-refractivity contribution < 1.29 is 44.0 Å². The van der Waals surface area contributed by atoms with E-state index in [1.807, 2.05) is 0 Å². The Morgan fingerprint density at radius 3 is 1.20 bits per heavy atom. The van der Waals surface area contributed by atoms with Crippen molar-refractivity contribution in [3.8, 4) is 0 Å². The van der Waals surface area contributed by atoms with Crippen LogP contribution < -0.4 is 24.8 Å². The quantitative estimate of drug-likeness (QED) is 0.409. The van der Waals surface area contributed by atoms with E-state index in [0.717, 1.165) is 12.8 Å². The molecule has 0 aromatic rings. The van der Waals surface area contributed by atoms with Crippen LogP contribution in [0.25, 0.3) is 0 Å². The molecular weight excluding hydrogens is 459 g/mol. The van der Waals surface area contributed by atoms with Gasteiger partial charge in [-0.25, -0.2) is 23.3 Å². The second kappa shape index (κ2) is 17.0. The predicted molar refractivity (Wildman–Crippen MR) is 125 cm³/mol. The molecule has 0 saturated heterocycles. The van der Waals surface area contributed by atoms with Crippen LogP contribution in [0.15, 0.2) is 34.4 Å². The Labute approximate surface area is 213 Å². The summed E-state index contributed by atoms with van der Waals surface area (Å²) in [6, 6.07) is 0. The zero-order valence-electron chi connectivity index (χ0n) is 21.2. The minimum Gasteiger partial charge on any atom is -1.00 e. The van der Waals surface area contributed by atoms with Crippen LogP contribution in [0.2, 0.25) is 13.1 Å². The van der Waals surface area contributed by atoms with Crippen LogP contribution in [0.3, 0.4) is 0 Å². The summed E-state index contributed by atoms with van der Waals surface area (Å²) in [6.45, 7) is 22.6. The van der Waals surface area contributed by atoms with E-state index in [-0.39, 0.29) is 31.0 Å². The van der Waals surface area contributed by atoms with Gasteiger partial charge in [0.1, 0.15) is 0 Å². The molecule has 0 radical (unpaired) electrons. The molecule has 0 aliphatic heterocycles. The van der Waals surface area contributed by atoms with E-state index >= 15 is 0 Å². The molecule has 0 atom stereocenters. The molecule has 0 amide bonds. The maximum Gasteiger partial charge on any atom is -1.00 e. The Bertz CT molecular complexity index is 572. The number of halogens is 2. The number of hydrogen-bond acceptors (Lipinski definition) is 0. The third-order valence-electron chi connectivity index (χ3n) is 4.67. The molecule has 4 heteroatoms. The first-order valence-electron chi connectivity index (χ1n) is 10.9. The summed E-state index contributed by atoms with van der Waals surface area (Å²) in [5, 5.41) is 0. The third kappa shape index (κ3) is 16.2. The van der Waals surface area contributed by atoms with Crippen LogP contribution in [-0.2, 0) is 19.2 Å². The molecule has 30 heavy (non-hydrogen) atoms. The van der Waals surface area contributed by atoms with Gasteiger partial charge in [0.05, 0.1) is 0 Å². The van der Waals surface area contributed by atoms with Crippen molar-refractivity contribution in [3.63, 3.8) is 0 Å². The van der Waals surface area contributed by atoms with Crippen LogP contribution in [-0.4, -0.2) is 6.19 Å². The molecule has 0 spiro atoms. The van der Waals surface area contributed by atoms with Gasteiger partial charge >= 0.3 is 38.5 Å². The Morgan fingerprint density at radius 2 is 1.03 bits per heavy atom. The average molecular weight is 503 g/mol. The van der Waals surface area contributed by atoms with Gasteiger partial charge in [-0.15, -0.1) is 12.8 Å². The van der Waals surface area contributed by atoms with Crippen LogP contribution >= 0.6 is 0 Å². The van der Waals surface area contributed by atoms with Crippen LogP contribution in [0.1, 0.15) is 93.9 Å². The number of allylic oxidation sites excluding steroid dienone is 8. The first-order chi connectivity index (χ1) is 12.8. The van der Waals surface area contributed by atoms with Crippen molar-refractivity contribution in [3.05, 3.63) is 46.6 Å². The first-order valence-corrected chi connectivity index (χ1v) is 15.8. The maximum atomic E-state index is 3.44. The fourth-order valence-corrected chi connectivity index (χ4v) is 2.87. The molecule has 0 unspecified atom stereocenters. The molecule has 0 heterocycles. The molecule has 0 fully saturated rings. The van der Waals surface area contributed by atoms with Crippen molar-refractivity contribution in [1.29, 1.82) is 0 Å². The fraction of sp³-hybridized carbons (Fsp3) is 0.692. The van der Waals surface area contributed by atoms with Crippen molar-refractivity contribution in [2.75, 3.05) is 0 Å². The van der Waals surface area contributed by atoms with Gasteiger partial charge in [0.2, 0.25) is 0 Å². The molecule has 172 valence electrons. The molecule has 0 N–H and O–H groups in total. The standard InChI is InChI=1S/2C12H19.C2H6Si.2ClH.Ti/c2*1-5-6-10-7-8-11(9-10)12(2,3)4;1-3-2;;;/h2*9H,5-6,8H2,1-4H3;1-2H3;2*1H;/q2*-1;;;;+2/p-2. The molecule has 0 nitrogen and oxygen atoms in total. The molecule has 0 aromatic heterocycles. The van der Waals surface area contributed by atoms with Gasteiger partial charge in [0.15, 0.2) is 0 Å². The van der Waals surface area contributed by atoms with Crippen LogP contribution in [0.4, 0.5) is 0 Å². The first kappa shape index (κ1) is 35.1. The summed E-state index contributed by atoms with van der Waals surface area (Å²) in [6.07, 6.45) is 18.6. The summed E-state index contributed by atoms with van der Waals surface area (Å²) < 4.78 is 0. The predicted octanol–water partition coefficient (Wildman–Crippen LogP) is 2.58. The normalized spacial score (nSPS) is 15.1. The van der Waals surface area contributed by atoms with E-state index in [9.17, 15) is 0 Å². The molecule has 2 aliphatic carbocycles. The Morgan fingerprint density at radius 1 is 0.767 bits per heavy atom. The average Bonchev–Trinajstić information content (AvgIpc) is 3.16. The Kier molecular flexibility index (Phi) is 19.9. The molecular formula is C26H44Cl2SiTi-2. The smallest absolute Gasteiger partial charge is 1.00 e. The van der Waals surface area contributed by atoms with Crippen molar-refractivity contribution in [2.45, 2.75) is 107 Å². The summed E-state index contributed by atoms with van der Waals surface area (Å²) in [5.41, 5.74) is 6.58. The third-order valence-corrected chi connectivity index (χ3v) is 4.67. The summed E-state index contributed by atoms with van der Waals surface area (Å²) >= 11 is 2.27. The van der Waals surface area contributed by atoms with E-state index in [1.54, 1.807) is 0 Å². The second-order valence-electron chi connectivity index (χ2n) is 10.1. The Hall–Kier alpha value is 0.471. The van der Waals surface area contributed by atoms with E-state index in [4.69, 9.17) is 0 Å². The van der Waals surface area contributed by atoms with Gasteiger partial charge in [0, 0.05) is 0 Å². The summed E-state index contributed by atoms with van der Waals surface area (Å²) in [7, 11) is 0. The van der Waals surface area contributed by atoms with Crippen LogP contribution in [0, 0.1) is 23.0 Å². The summed E-state index contributed by atoms with van der Waals surface area (Å²) in [5.74, 6) is 0. The largest absolute Gasteiger partial charge is 1.00 e. The monoisotopic (exact) mass is 502 g/mol. The molecule has 2 rings (SSSR count). The topological polar surface area (TPSA) is 0 Å². The van der Waals surface area contributed by atoms with Gasteiger partial charge in [-0.3, -0.25) is 12.2 Å². The fourth-order valence-electron chi connectivity index (χ4n) is 2.87. The van der Waals surface area contributed by atoms with Crippen LogP contribution in [0.5, 0.6) is 0 Å². The van der Waals surface area contributed by atoms with Gasteiger partial charge < -0.3 is 24.8 Å². The SMILES string of the molecule is CCCC1=[C-]CC(C(C)(C)C)=C1.CCCC1=[C-]CC(C(C)(C)C)=C1.C[Si](C)=[Ti+2].[Cl-].[Cl-]. The maximum absolute atomic E-state index is 3.44. The van der Waals surface area contributed by atoms with E-state index < -0.39 is 0 Å². The van der Waals surface area contributed by atoms with Gasteiger partial charge in [-0.05, 0) is 10.8 Å². The van der Waals surface area contributed by atoms with Gasteiger partial charge in [-0.2, -0.15) is 11.1 Å². The molecule has 0 aromatic carbocycles. The summed E-state index contributed by atoms with van der Waals surface area (Å²) in [4.78, 5) is 0. The van der Waals surface area contributed by atoms with E-state index in [0.29, 0.717) is 10.8 Å². The molecule has 0 bridgehead atoms. The van der Waals surface area contributed by atoms with Crippen molar-refractivity contribution >= 4 is 6.19 Å². The second-order valence-corrected chi connectivity index (χ2v) is 16.8. The molecule has 2 aliphatic rings. The van der Waals surface area contributed by atoms with Gasteiger partial charge in [-0.1, -0.05) is 81.1 Å². The number of rotatable bonds is 4. The minimum atomic E-state index is 0. The zero-order valence-corrected chi connectivity index (χ0v) is 25.2. The zero-order chi connectivity index (χ0) is 22.0. The number of hydrogen-bond donors (Lipinski definition) is 0. The van der Waals surface area contributed by atoms with E-state index in [1.165, 1.54) is 48.0 Å². The Balaban J connectivity index is -0.000000391.